The molecule has 11 nitrogen and oxygen atoms in total. The fourth-order valence-electron chi connectivity index (χ4n) is 1.98. The van der Waals surface area contributed by atoms with Crippen LogP contribution < -0.4 is 21.7 Å². The third-order valence-electron chi connectivity index (χ3n) is 3.57. The predicted octanol–water partition coefficient (Wildman–Crippen LogP) is -1.37. The highest BCUT2D eigenvalue weighted by molar-refractivity contribution is 8.23. The number of aliphatic carboxylic acids is 2. The van der Waals surface area contributed by atoms with Crippen LogP contribution in [0.25, 0.3) is 0 Å². The third kappa shape index (κ3) is 15.1. The highest BCUT2D eigenvalue weighted by atomic mass is 32.2. The third-order valence-corrected chi connectivity index (χ3v) is 5.84. The first-order valence-corrected chi connectivity index (χ1v) is 12.1. The predicted molar refractivity (Wildman–Crippen MR) is 119 cm³/mol. The smallest absolute Gasteiger partial charge is 0.322 e. The number of nitrogens with one attached hydrogen (secondary N) is 3. The molecule has 0 fully saturated rings. The van der Waals surface area contributed by atoms with Gasteiger partial charge in [-0.15, -0.1) is 0 Å². The van der Waals surface area contributed by atoms with Crippen molar-refractivity contribution >= 4 is 62.9 Å². The van der Waals surface area contributed by atoms with Crippen LogP contribution >= 0.6 is 24.0 Å². The Hall–Kier alpha value is -1.77. The second-order valence-electron chi connectivity index (χ2n) is 6.22. The zero-order valence-corrected chi connectivity index (χ0v) is 19.0. The number of carbonyl (C=O) groups is 4. The molecule has 0 heterocycles. The van der Waals surface area contributed by atoms with Gasteiger partial charge in [-0.2, -0.15) is 0 Å². The van der Waals surface area contributed by atoms with E-state index in [9.17, 15) is 23.4 Å². The summed E-state index contributed by atoms with van der Waals surface area (Å²) in [4.78, 5) is 45.6. The van der Waals surface area contributed by atoms with Gasteiger partial charge in [-0.05, 0) is 19.3 Å². The van der Waals surface area contributed by atoms with Crippen molar-refractivity contribution in [1.82, 2.24) is 16.0 Å². The molecule has 0 aliphatic carbocycles. The van der Waals surface area contributed by atoms with Crippen LogP contribution in [0.15, 0.2) is 0 Å². The number of hydrogen-bond acceptors (Lipinski definition) is 8. The molecular formula is C16H28N4O7S3. The number of amides is 2. The summed E-state index contributed by atoms with van der Waals surface area (Å²) >= 11 is 6.27. The van der Waals surface area contributed by atoms with E-state index in [2.05, 4.69) is 16.0 Å². The maximum atomic E-state index is 12.2. The van der Waals surface area contributed by atoms with E-state index in [1.165, 1.54) is 0 Å². The van der Waals surface area contributed by atoms with Crippen molar-refractivity contribution in [2.45, 2.75) is 37.8 Å². The van der Waals surface area contributed by atoms with Crippen LogP contribution in [0.2, 0.25) is 0 Å². The number of thioether (sulfide) groups is 1. The van der Waals surface area contributed by atoms with E-state index in [4.69, 9.17) is 28.2 Å². The molecule has 0 aliphatic rings. The Bertz CT molecular complexity index is 648. The number of thiocarbonyl (C=S) groups is 1. The van der Waals surface area contributed by atoms with Gasteiger partial charge >= 0.3 is 11.9 Å². The lowest BCUT2D eigenvalue weighted by atomic mass is 10.1. The average molecular weight is 485 g/mol. The quantitative estimate of drug-likeness (QED) is 0.119. The first-order chi connectivity index (χ1) is 14.0. The maximum Gasteiger partial charge on any atom is 0.322 e. The summed E-state index contributed by atoms with van der Waals surface area (Å²) in [7, 11) is -0.846. The molecule has 0 aromatic carbocycles. The lowest BCUT2D eigenvalue weighted by Gasteiger charge is -2.18. The van der Waals surface area contributed by atoms with Gasteiger partial charge in [0.1, 0.15) is 22.9 Å². The molecule has 0 aromatic rings. The van der Waals surface area contributed by atoms with E-state index in [1.807, 2.05) is 0 Å². The van der Waals surface area contributed by atoms with Crippen LogP contribution in [0, 0.1) is 0 Å². The highest BCUT2D eigenvalue weighted by Gasteiger charge is 2.23. The van der Waals surface area contributed by atoms with Crippen LogP contribution in [0.4, 0.5) is 0 Å². The number of hydrogen-bond donors (Lipinski definition) is 6. The normalized spacial score (nSPS) is 13.5. The number of carboxylic acids is 2. The summed E-state index contributed by atoms with van der Waals surface area (Å²) in [6.07, 6.45) is 2.86. The van der Waals surface area contributed by atoms with Crippen LogP contribution in [-0.4, -0.2) is 85.4 Å². The molecule has 0 rings (SSSR count). The van der Waals surface area contributed by atoms with E-state index < -0.39 is 53.2 Å². The topological polar surface area (TPSA) is 188 Å². The molecule has 0 saturated heterocycles. The minimum absolute atomic E-state index is 0.0486. The first kappa shape index (κ1) is 28.2. The van der Waals surface area contributed by atoms with Crippen LogP contribution in [0.1, 0.15) is 25.7 Å². The summed E-state index contributed by atoms with van der Waals surface area (Å²) in [5.41, 5.74) is 5.35. The average Bonchev–Trinajstić information content (AvgIpc) is 2.66. The molecule has 0 spiro atoms. The number of nitrogens with two attached hydrogens (primary N) is 1. The van der Waals surface area contributed by atoms with Gasteiger partial charge in [-0.3, -0.25) is 23.4 Å². The second-order valence-corrected chi connectivity index (χ2v) is 9.48. The van der Waals surface area contributed by atoms with Crippen molar-refractivity contribution in [3.8, 4) is 0 Å². The molecule has 2 amide bonds. The van der Waals surface area contributed by atoms with E-state index in [0.717, 1.165) is 24.6 Å². The zero-order chi connectivity index (χ0) is 23.1. The summed E-state index contributed by atoms with van der Waals surface area (Å²) < 4.78 is 11.4. The van der Waals surface area contributed by atoms with Crippen LogP contribution in [-0.2, 0) is 30.0 Å². The Morgan fingerprint density at radius 3 is 2.40 bits per heavy atom. The first-order valence-electron chi connectivity index (χ1n) is 9.00. The summed E-state index contributed by atoms with van der Waals surface area (Å²) in [6.45, 7) is -0.0421. The summed E-state index contributed by atoms with van der Waals surface area (Å²) in [5.74, 6) is -3.12. The molecule has 172 valence electrons. The molecule has 0 aromatic heterocycles. The van der Waals surface area contributed by atoms with Crippen LogP contribution in [0.3, 0.4) is 0 Å². The molecule has 0 radical (unpaired) electrons. The van der Waals surface area contributed by atoms with Gasteiger partial charge in [0.2, 0.25) is 11.8 Å². The monoisotopic (exact) mass is 484 g/mol. The van der Waals surface area contributed by atoms with Gasteiger partial charge in [0.25, 0.3) is 0 Å². The maximum absolute atomic E-state index is 12.2. The van der Waals surface area contributed by atoms with E-state index in [0.29, 0.717) is 16.6 Å². The van der Waals surface area contributed by atoms with Gasteiger partial charge < -0.3 is 31.9 Å². The minimum atomic E-state index is -1.24. The largest absolute Gasteiger partial charge is 0.480 e. The van der Waals surface area contributed by atoms with Gasteiger partial charge in [0, 0.05) is 41.5 Å². The number of carbonyl (C=O) groups excluding carboxylic acids is 2. The molecule has 14 heteroatoms. The molecule has 7 N–H and O–H groups in total. The Morgan fingerprint density at radius 2 is 1.83 bits per heavy atom. The van der Waals surface area contributed by atoms with E-state index in [-0.39, 0.29) is 18.6 Å². The zero-order valence-electron chi connectivity index (χ0n) is 16.5. The fraction of sp³-hybridized carbons (Fsp3) is 0.688. The van der Waals surface area contributed by atoms with E-state index in [1.54, 1.807) is 6.26 Å². The number of rotatable bonds is 15. The van der Waals surface area contributed by atoms with Crippen molar-refractivity contribution < 1.29 is 33.6 Å². The molecule has 30 heavy (non-hydrogen) atoms. The summed E-state index contributed by atoms with van der Waals surface area (Å²) in [5, 5.41) is 25.1. The minimum Gasteiger partial charge on any atom is -0.480 e. The van der Waals surface area contributed by atoms with Gasteiger partial charge in [-0.1, -0.05) is 24.0 Å². The van der Waals surface area contributed by atoms with Crippen molar-refractivity contribution in [2.75, 3.05) is 30.9 Å². The Labute approximate surface area is 186 Å². The van der Waals surface area contributed by atoms with Crippen molar-refractivity contribution in [3.63, 3.8) is 0 Å². The van der Waals surface area contributed by atoms with Crippen molar-refractivity contribution in [3.05, 3.63) is 0 Å². The van der Waals surface area contributed by atoms with E-state index >= 15 is 0 Å². The van der Waals surface area contributed by atoms with Gasteiger partial charge in [0.15, 0.2) is 0 Å². The van der Waals surface area contributed by atoms with Crippen molar-refractivity contribution in [1.29, 1.82) is 0 Å². The lowest BCUT2D eigenvalue weighted by Crippen LogP contribution is -2.49. The molecule has 0 aliphatic heterocycles. The van der Waals surface area contributed by atoms with Crippen LogP contribution in [0.5, 0.6) is 0 Å². The fourth-order valence-corrected chi connectivity index (χ4v) is 3.65. The molecule has 1 unspecified atom stereocenters. The standard InChI is InChI=1S/C16H28N4O7S3/c1-30(27)7-3-2-6-18-16(28)29-9-11(14(24)19-8-13(22)23)20-12(21)5-4-10(17)15(25)26/h10-11H,2-9,17H2,1H3,(H,18,28)(H,19,24)(H,20,21)(H,22,23)(H,25,26)/t10-,11-,30?/m0/s1. The molecule has 0 saturated carbocycles. The van der Waals surface area contributed by atoms with Gasteiger partial charge in [0.05, 0.1) is 0 Å². The lowest BCUT2D eigenvalue weighted by molar-refractivity contribution is -0.139. The molecular weight excluding hydrogens is 456 g/mol. The van der Waals surface area contributed by atoms with Gasteiger partial charge in [-0.25, -0.2) is 0 Å². The van der Waals surface area contributed by atoms with Crippen molar-refractivity contribution in [2.24, 2.45) is 5.73 Å². The molecule has 0 bridgehead atoms. The Balaban J connectivity index is 4.58. The highest BCUT2D eigenvalue weighted by Crippen LogP contribution is 2.07. The SMILES string of the molecule is CS(=O)CCCCNC(=S)SC[C@H](NC(=O)CC[C@H](N)C(=O)O)C(=O)NCC(=O)O. The summed E-state index contributed by atoms with van der Waals surface area (Å²) in [6, 6.07) is -2.27. The number of unbranched alkanes of at least 4 members (excludes halogenated alkanes) is 1. The molecule has 3 atom stereocenters. The number of carboxylic acid groups (broad SMARTS) is 2. The Morgan fingerprint density at radius 1 is 1.17 bits per heavy atom. The Kier molecular flexibility index (Phi) is 15.0. The second kappa shape index (κ2) is 16.0.